The van der Waals surface area contributed by atoms with E-state index in [0.29, 0.717) is 11.1 Å². The van der Waals surface area contributed by atoms with Crippen molar-refractivity contribution in [3.05, 3.63) is 71.8 Å². The van der Waals surface area contributed by atoms with Crippen LogP contribution < -0.4 is 10.5 Å². The van der Waals surface area contributed by atoms with Gasteiger partial charge in [-0.05, 0) is 34.5 Å². The number of hydrogen-bond donors (Lipinski definition) is 2. The SMILES string of the molecule is Cl.N[C@@H](c1ccc(OC(F)(F)F)cc1)c1c(O)ccc2ccccc12. The maximum atomic E-state index is 12.2. The van der Waals surface area contributed by atoms with E-state index in [2.05, 4.69) is 4.74 Å². The van der Waals surface area contributed by atoms with Gasteiger partial charge in [0.15, 0.2) is 0 Å². The molecule has 0 unspecified atom stereocenters. The van der Waals surface area contributed by atoms with Gasteiger partial charge in [-0.2, -0.15) is 0 Å². The monoisotopic (exact) mass is 369 g/mol. The molecule has 3 nitrogen and oxygen atoms in total. The van der Waals surface area contributed by atoms with Crippen LogP contribution in [0, 0.1) is 0 Å². The largest absolute Gasteiger partial charge is 0.573 e. The van der Waals surface area contributed by atoms with E-state index in [1.54, 1.807) is 12.1 Å². The zero-order valence-corrected chi connectivity index (χ0v) is 13.6. The van der Waals surface area contributed by atoms with Crippen LogP contribution >= 0.6 is 12.4 Å². The Kier molecular flexibility index (Phi) is 5.45. The maximum Gasteiger partial charge on any atom is 0.573 e. The van der Waals surface area contributed by atoms with Gasteiger partial charge in [-0.15, -0.1) is 25.6 Å². The molecule has 0 aliphatic carbocycles. The fourth-order valence-electron chi connectivity index (χ4n) is 2.65. The molecule has 25 heavy (non-hydrogen) atoms. The van der Waals surface area contributed by atoms with E-state index < -0.39 is 12.4 Å². The van der Waals surface area contributed by atoms with Crippen LogP contribution in [0.2, 0.25) is 0 Å². The molecule has 0 spiro atoms. The van der Waals surface area contributed by atoms with Gasteiger partial charge in [-0.1, -0.05) is 42.5 Å². The van der Waals surface area contributed by atoms with Gasteiger partial charge in [-0.3, -0.25) is 0 Å². The van der Waals surface area contributed by atoms with Crippen molar-refractivity contribution in [3.8, 4) is 11.5 Å². The lowest BCUT2D eigenvalue weighted by Gasteiger charge is -2.17. The molecule has 0 saturated carbocycles. The molecule has 0 bridgehead atoms. The minimum absolute atomic E-state index is 0. The van der Waals surface area contributed by atoms with Gasteiger partial charge in [-0.25, -0.2) is 0 Å². The van der Waals surface area contributed by atoms with Gasteiger partial charge < -0.3 is 15.6 Å². The maximum absolute atomic E-state index is 12.2. The summed E-state index contributed by atoms with van der Waals surface area (Å²) < 4.78 is 40.5. The highest BCUT2D eigenvalue weighted by atomic mass is 35.5. The highest BCUT2D eigenvalue weighted by Gasteiger charge is 2.31. The first-order chi connectivity index (χ1) is 11.3. The molecule has 132 valence electrons. The summed E-state index contributed by atoms with van der Waals surface area (Å²) in [7, 11) is 0. The fourth-order valence-corrected chi connectivity index (χ4v) is 2.65. The normalized spacial score (nSPS) is 12.5. The summed E-state index contributed by atoms with van der Waals surface area (Å²) in [5.74, 6) is -0.280. The summed E-state index contributed by atoms with van der Waals surface area (Å²) in [6, 6.07) is 15.4. The van der Waals surface area contributed by atoms with Crippen LogP contribution in [-0.4, -0.2) is 11.5 Å². The summed E-state index contributed by atoms with van der Waals surface area (Å²) in [4.78, 5) is 0. The van der Waals surface area contributed by atoms with Crippen molar-refractivity contribution >= 4 is 23.2 Å². The number of phenols is 1. The number of fused-ring (bicyclic) bond motifs is 1. The average Bonchev–Trinajstić information content (AvgIpc) is 2.53. The van der Waals surface area contributed by atoms with E-state index in [1.807, 2.05) is 24.3 Å². The van der Waals surface area contributed by atoms with Gasteiger partial charge in [0.2, 0.25) is 0 Å². The Morgan fingerprint density at radius 3 is 2.20 bits per heavy atom. The lowest BCUT2D eigenvalue weighted by atomic mass is 9.93. The molecule has 3 N–H and O–H groups in total. The van der Waals surface area contributed by atoms with Crippen LogP contribution in [0.3, 0.4) is 0 Å². The third kappa shape index (κ3) is 4.15. The third-order valence-electron chi connectivity index (χ3n) is 3.73. The van der Waals surface area contributed by atoms with Gasteiger partial charge in [0.1, 0.15) is 11.5 Å². The molecule has 0 aliphatic rings. The number of halogens is 4. The molecular formula is C18H15ClF3NO2. The van der Waals surface area contributed by atoms with E-state index >= 15 is 0 Å². The minimum Gasteiger partial charge on any atom is -0.508 e. The van der Waals surface area contributed by atoms with Crippen LogP contribution in [0.25, 0.3) is 10.8 Å². The van der Waals surface area contributed by atoms with E-state index in [1.165, 1.54) is 24.3 Å². The van der Waals surface area contributed by atoms with Crippen LogP contribution in [0.15, 0.2) is 60.7 Å². The van der Waals surface area contributed by atoms with Crippen LogP contribution in [0.1, 0.15) is 17.2 Å². The Morgan fingerprint density at radius 2 is 1.56 bits per heavy atom. The topological polar surface area (TPSA) is 55.5 Å². The Labute approximate surface area is 148 Å². The van der Waals surface area contributed by atoms with E-state index in [9.17, 15) is 18.3 Å². The number of nitrogens with two attached hydrogens (primary N) is 1. The Balaban J connectivity index is 0.00000225. The number of ether oxygens (including phenoxy) is 1. The molecule has 3 rings (SSSR count). The Bertz CT molecular complexity index is 866. The highest BCUT2D eigenvalue weighted by Crippen LogP contribution is 2.35. The zero-order valence-electron chi connectivity index (χ0n) is 12.8. The quantitative estimate of drug-likeness (QED) is 0.689. The van der Waals surface area contributed by atoms with Crippen molar-refractivity contribution in [2.75, 3.05) is 0 Å². The number of rotatable bonds is 3. The first-order valence-corrected chi connectivity index (χ1v) is 7.17. The smallest absolute Gasteiger partial charge is 0.508 e. The van der Waals surface area contributed by atoms with Gasteiger partial charge in [0, 0.05) is 5.56 Å². The number of phenolic OH excluding ortho intramolecular Hbond substituents is 1. The number of benzene rings is 3. The number of hydrogen-bond acceptors (Lipinski definition) is 3. The molecule has 0 saturated heterocycles. The second-order valence-electron chi connectivity index (χ2n) is 5.31. The second-order valence-corrected chi connectivity index (χ2v) is 5.31. The molecule has 0 aliphatic heterocycles. The third-order valence-corrected chi connectivity index (χ3v) is 3.73. The Hall–Kier alpha value is -2.44. The molecule has 7 heteroatoms. The predicted molar refractivity (Wildman–Crippen MR) is 92.0 cm³/mol. The summed E-state index contributed by atoms with van der Waals surface area (Å²) in [6.07, 6.45) is -4.74. The predicted octanol–water partition coefficient (Wildman–Crippen LogP) is 4.91. The molecule has 0 amide bonds. The number of aromatic hydroxyl groups is 1. The summed E-state index contributed by atoms with van der Waals surface area (Å²) in [6.45, 7) is 0. The minimum atomic E-state index is -4.74. The fraction of sp³-hybridized carbons (Fsp3) is 0.111. The van der Waals surface area contributed by atoms with Crippen molar-refractivity contribution in [1.82, 2.24) is 0 Å². The van der Waals surface area contributed by atoms with E-state index in [4.69, 9.17) is 5.73 Å². The van der Waals surface area contributed by atoms with Crippen molar-refractivity contribution in [1.29, 1.82) is 0 Å². The first kappa shape index (κ1) is 18.9. The Morgan fingerprint density at radius 1 is 0.920 bits per heavy atom. The van der Waals surface area contributed by atoms with Gasteiger partial charge in [0.05, 0.1) is 6.04 Å². The van der Waals surface area contributed by atoms with Crippen molar-refractivity contribution in [3.63, 3.8) is 0 Å². The molecule has 3 aromatic rings. The molecule has 3 aromatic carbocycles. The lowest BCUT2D eigenvalue weighted by Crippen LogP contribution is -2.17. The summed E-state index contributed by atoms with van der Waals surface area (Å²) in [5.41, 5.74) is 7.33. The summed E-state index contributed by atoms with van der Waals surface area (Å²) >= 11 is 0. The molecular weight excluding hydrogens is 355 g/mol. The van der Waals surface area contributed by atoms with E-state index in [-0.39, 0.29) is 23.9 Å². The summed E-state index contributed by atoms with van der Waals surface area (Å²) in [5, 5.41) is 11.9. The van der Waals surface area contributed by atoms with Crippen molar-refractivity contribution in [2.45, 2.75) is 12.4 Å². The van der Waals surface area contributed by atoms with Gasteiger partial charge >= 0.3 is 6.36 Å². The van der Waals surface area contributed by atoms with Gasteiger partial charge in [0.25, 0.3) is 0 Å². The van der Waals surface area contributed by atoms with Crippen LogP contribution in [0.5, 0.6) is 11.5 Å². The van der Waals surface area contributed by atoms with Crippen molar-refractivity contribution in [2.24, 2.45) is 5.73 Å². The highest BCUT2D eigenvalue weighted by molar-refractivity contribution is 5.88. The zero-order chi connectivity index (χ0) is 17.3. The van der Waals surface area contributed by atoms with E-state index in [0.717, 1.165) is 10.8 Å². The average molecular weight is 370 g/mol. The van der Waals surface area contributed by atoms with Crippen molar-refractivity contribution < 1.29 is 23.0 Å². The standard InChI is InChI=1S/C18H14F3NO2.ClH/c19-18(20,21)24-13-8-5-12(6-9-13)17(22)16-14-4-2-1-3-11(14)7-10-15(16)23;/h1-10,17,23H,22H2;1H/t17-;/m0./s1. The second kappa shape index (κ2) is 7.21. The number of alkyl halides is 3. The van der Waals surface area contributed by atoms with Crippen LogP contribution in [0.4, 0.5) is 13.2 Å². The molecule has 1 atom stereocenters. The molecule has 0 aromatic heterocycles. The lowest BCUT2D eigenvalue weighted by molar-refractivity contribution is -0.274. The molecule has 0 heterocycles. The van der Waals surface area contributed by atoms with Crippen LogP contribution in [-0.2, 0) is 0 Å². The first-order valence-electron chi connectivity index (χ1n) is 7.17. The molecule has 0 radical (unpaired) electrons. The molecule has 0 fully saturated rings.